The maximum Gasteiger partial charge on any atom is 0.262 e. The second kappa shape index (κ2) is 10.1. The fraction of sp³-hybridized carbons (Fsp3) is 0.269. The van der Waals surface area contributed by atoms with Crippen molar-refractivity contribution in [2.75, 3.05) is 38.2 Å². The first-order valence-electron chi connectivity index (χ1n) is 11.7. The number of morpholine rings is 1. The Balaban J connectivity index is 1.34. The second-order valence-electron chi connectivity index (χ2n) is 8.44. The normalized spacial score (nSPS) is 14.8. The van der Waals surface area contributed by atoms with Crippen LogP contribution in [-0.4, -0.2) is 56.1 Å². The first-order chi connectivity index (χ1) is 17.4. The molecule has 4 aromatic rings. The largest absolute Gasteiger partial charge is 0.482 e. The van der Waals surface area contributed by atoms with Crippen molar-refractivity contribution in [3.05, 3.63) is 65.7 Å². The van der Waals surface area contributed by atoms with Crippen molar-refractivity contribution >= 4 is 55.0 Å². The highest BCUT2D eigenvalue weighted by Gasteiger charge is 2.30. The zero-order valence-electron chi connectivity index (χ0n) is 19.7. The number of anilines is 1. The Hall–Kier alpha value is -3.11. The summed E-state index contributed by atoms with van der Waals surface area (Å²) in [6.07, 6.45) is 0. The monoisotopic (exact) mass is 527 g/mol. The van der Waals surface area contributed by atoms with E-state index in [0.29, 0.717) is 18.9 Å². The summed E-state index contributed by atoms with van der Waals surface area (Å²) in [5.74, 6) is -0.333. The Morgan fingerprint density at radius 3 is 2.56 bits per heavy atom. The number of para-hydroxylation sites is 1. The van der Waals surface area contributed by atoms with Gasteiger partial charge in [0.2, 0.25) is 10.0 Å². The number of nitrogens with one attached hydrogen (secondary N) is 1. The van der Waals surface area contributed by atoms with Gasteiger partial charge < -0.3 is 19.4 Å². The number of halogens is 1. The van der Waals surface area contributed by atoms with Crippen LogP contribution in [0.5, 0.6) is 5.75 Å². The van der Waals surface area contributed by atoms with Crippen LogP contribution in [0, 0.1) is 0 Å². The van der Waals surface area contributed by atoms with E-state index < -0.39 is 15.9 Å². The fourth-order valence-electron chi connectivity index (χ4n) is 4.54. The maximum atomic E-state index is 13.2. The van der Waals surface area contributed by atoms with Crippen LogP contribution in [0.25, 0.3) is 21.8 Å². The first kappa shape index (κ1) is 24.6. The molecule has 1 saturated heterocycles. The van der Waals surface area contributed by atoms with Crippen LogP contribution in [0.4, 0.5) is 5.69 Å². The summed E-state index contributed by atoms with van der Waals surface area (Å²) in [4.78, 5) is 12.7. The van der Waals surface area contributed by atoms with E-state index in [-0.39, 0.29) is 35.4 Å². The van der Waals surface area contributed by atoms with Crippen molar-refractivity contribution in [2.24, 2.45) is 0 Å². The quantitative estimate of drug-likeness (QED) is 0.382. The molecule has 0 radical (unpaired) electrons. The molecule has 36 heavy (non-hydrogen) atoms. The van der Waals surface area contributed by atoms with Crippen molar-refractivity contribution < 1.29 is 22.7 Å². The summed E-state index contributed by atoms with van der Waals surface area (Å²) in [5, 5.41) is 5.27. The van der Waals surface area contributed by atoms with Crippen LogP contribution in [0.3, 0.4) is 0 Å². The highest BCUT2D eigenvalue weighted by Crippen LogP contribution is 2.32. The molecule has 0 spiro atoms. The van der Waals surface area contributed by atoms with E-state index in [0.717, 1.165) is 28.4 Å². The number of aryl methyl sites for hydroxylation is 1. The molecule has 0 atom stereocenters. The summed E-state index contributed by atoms with van der Waals surface area (Å²) in [6, 6.07) is 18.3. The van der Waals surface area contributed by atoms with Crippen LogP contribution < -0.4 is 10.1 Å². The summed E-state index contributed by atoms with van der Waals surface area (Å²) in [7, 11) is -3.86. The highest BCUT2D eigenvalue weighted by atomic mass is 35.5. The van der Waals surface area contributed by atoms with Gasteiger partial charge in [0.25, 0.3) is 5.91 Å². The molecular formula is C26H26ClN3O5S. The number of rotatable bonds is 7. The summed E-state index contributed by atoms with van der Waals surface area (Å²) in [6.45, 7) is 3.70. The number of aromatic nitrogens is 1. The molecule has 2 heterocycles. The van der Waals surface area contributed by atoms with Crippen LogP contribution in [0.15, 0.2) is 65.6 Å². The van der Waals surface area contributed by atoms with Gasteiger partial charge in [-0.3, -0.25) is 4.79 Å². The number of ether oxygens (including phenoxy) is 2. The summed E-state index contributed by atoms with van der Waals surface area (Å²) >= 11 is 6.09. The Kier molecular flexibility index (Phi) is 6.90. The smallest absolute Gasteiger partial charge is 0.262 e. The number of carbonyl (C=O) groups is 1. The molecule has 1 aromatic heterocycles. The Bertz CT molecular complexity index is 1540. The van der Waals surface area contributed by atoms with Crippen molar-refractivity contribution in [3.63, 3.8) is 0 Å². The molecule has 1 aliphatic rings. The van der Waals surface area contributed by atoms with E-state index >= 15 is 0 Å². The minimum atomic E-state index is -3.86. The third-order valence-electron chi connectivity index (χ3n) is 6.22. The van der Waals surface area contributed by atoms with Gasteiger partial charge in [-0.25, -0.2) is 8.42 Å². The van der Waals surface area contributed by atoms with E-state index in [1.165, 1.54) is 22.5 Å². The molecule has 1 aliphatic heterocycles. The lowest BCUT2D eigenvalue weighted by atomic mass is 10.1. The first-order valence-corrected chi connectivity index (χ1v) is 13.5. The number of hydrogen-bond donors (Lipinski definition) is 1. The molecule has 10 heteroatoms. The molecule has 1 fully saturated rings. The zero-order chi connectivity index (χ0) is 25.3. The van der Waals surface area contributed by atoms with Crippen LogP contribution in [0.1, 0.15) is 6.92 Å². The molecular weight excluding hydrogens is 502 g/mol. The number of sulfonamides is 1. The van der Waals surface area contributed by atoms with Crippen LogP contribution in [-0.2, 0) is 26.1 Å². The van der Waals surface area contributed by atoms with E-state index in [1.807, 2.05) is 30.3 Å². The third kappa shape index (κ3) is 4.67. The minimum absolute atomic E-state index is 0.0708. The Morgan fingerprint density at radius 1 is 1.03 bits per heavy atom. The molecule has 1 N–H and O–H groups in total. The van der Waals surface area contributed by atoms with E-state index in [1.54, 1.807) is 0 Å². The summed E-state index contributed by atoms with van der Waals surface area (Å²) in [5.41, 5.74) is 2.86. The van der Waals surface area contributed by atoms with Gasteiger partial charge in [0.1, 0.15) is 10.6 Å². The predicted molar refractivity (Wildman–Crippen MR) is 140 cm³/mol. The van der Waals surface area contributed by atoms with Crippen LogP contribution >= 0.6 is 11.6 Å². The van der Waals surface area contributed by atoms with Crippen molar-refractivity contribution in [1.29, 1.82) is 0 Å². The second-order valence-corrected chi connectivity index (χ2v) is 10.8. The lowest BCUT2D eigenvalue weighted by Crippen LogP contribution is -2.40. The number of hydrogen-bond acceptors (Lipinski definition) is 5. The van der Waals surface area contributed by atoms with E-state index in [2.05, 4.69) is 28.9 Å². The topological polar surface area (TPSA) is 89.9 Å². The highest BCUT2D eigenvalue weighted by molar-refractivity contribution is 7.89. The minimum Gasteiger partial charge on any atom is -0.482 e. The SMILES string of the molecule is CCn1c2ccccc2c2cc(NC(=O)COc3ccc(Cl)cc3S(=O)(=O)N3CCOCC3)ccc21. The maximum absolute atomic E-state index is 13.2. The van der Waals surface area contributed by atoms with Crippen molar-refractivity contribution in [2.45, 2.75) is 18.4 Å². The number of amides is 1. The lowest BCUT2D eigenvalue weighted by molar-refractivity contribution is -0.118. The zero-order valence-corrected chi connectivity index (χ0v) is 21.3. The number of nitrogens with zero attached hydrogens (tertiary/aromatic N) is 2. The van der Waals surface area contributed by atoms with Gasteiger partial charge in [-0.05, 0) is 49.4 Å². The van der Waals surface area contributed by atoms with E-state index in [9.17, 15) is 13.2 Å². The molecule has 3 aromatic carbocycles. The van der Waals surface area contributed by atoms with Crippen molar-refractivity contribution in [1.82, 2.24) is 8.87 Å². The summed E-state index contributed by atoms with van der Waals surface area (Å²) < 4.78 is 40.9. The van der Waals surface area contributed by atoms with Gasteiger partial charge in [-0.15, -0.1) is 0 Å². The molecule has 1 amide bonds. The van der Waals surface area contributed by atoms with Gasteiger partial charge in [0, 0.05) is 52.2 Å². The molecule has 5 rings (SSSR count). The van der Waals surface area contributed by atoms with Crippen LogP contribution in [0.2, 0.25) is 5.02 Å². The number of benzene rings is 3. The lowest BCUT2D eigenvalue weighted by Gasteiger charge is -2.26. The van der Waals surface area contributed by atoms with Crippen molar-refractivity contribution in [3.8, 4) is 5.75 Å². The van der Waals surface area contributed by atoms with Gasteiger partial charge in [0.15, 0.2) is 6.61 Å². The molecule has 0 unspecified atom stereocenters. The molecule has 8 nitrogen and oxygen atoms in total. The van der Waals surface area contributed by atoms with Gasteiger partial charge in [-0.2, -0.15) is 4.31 Å². The Labute approximate surface area is 214 Å². The standard InChI is InChI=1S/C26H26ClN3O5S/c1-2-30-22-6-4-3-5-20(22)21-16-19(8-9-23(21)30)28-26(31)17-35-24-10-7-18(27)15-25(24)36(32,33)29-11-13-34-14-12-29/h3-10,15-16H,2,11-14,17H2,1H3,(H,28,31). The number of fused-ring (bicyclic) bond motifs is 3. The number of carbonyl (C=O) groups excluding carboxylic acids is 1. The molecule has 0 aliphatic carbocycles. The van der Waals surface area contributed by atoms with Gasteiger partial charge in [0.05, 0.1) is 13.2 Å². The molecule has 188 valence electrons. The molecule has 0 saturated carbocycles. The Morgan fingerprint density at radius 2 is 1.78 bits per heavy atom. The van der Waals surface area contributed by atoms with Gasteiger partial charge >= 0.3 is 0 Å². The molecule has 0 bridgehead atoms. The predicted octanol–water partition coefficient (Wildman–Crippen LogP) is 4.51. The third-order valence-corrected chi connectivity index (χ3v) is 8.38. The van der Waals surface area contributed by atoms with Gasteiger partial charge in [-0.1, -0.05) is 29.8 Å². The van der Waals surface area contributed by atoms with E-state index in [4.69, 9.17) is 21.1 Å². The fourth-order valence-corrected chi connectivity index (χ4v) is 6.34. The average molecular weight is 528 g/mol. The average Bonchev–Trinajstić information content (AvgIpc) is 3.21.